The fourth-order valence-corrected chi connectivity index (χ4v) is 4.52. The van der Waals surface area contributed by atoms with Crippen LogP contribution in [0.5, 0.6) is 11.5 Å². The summed E-state index contributed by atoms with van der Waals surface area (Å²) in [7, 11) is 0. The van der Waals surface area contributed by atoms with E-state index in [2.05, 4.69) is 10.00 Å². The molecule has 8 nitrogen and oxygen atoms in total. The molecule has 176 valence electrons. The first-order valence-electron chi connectivity index (χ1n) is 11.1. The smallest absolute Gasteiger partial charge is 0.267 e. The van der Waals surface area contributed by atoms with Crippen molar-refractivity contribution >= 4 is 23.2 Å². The number of carbonyl (C=O) groups is 1. The fraction of sp³-hybridized carbons (Fsp3) is 0.320. The van der Waals surface area contributed by atoms with Gasteiger partial charge in [-0.25, -0.2) is 4.68 Å². The molecule has 0 aliphatic carbocycles. The van der Waals surface area contributed by atoms with Crippen LogP contribution in [-0.2, 0) is 10.3 Å². The van der Waals surface area contributed by atoms with Gasteiger partial charge in [-0.2, -0.15) is 5.10 Å². The van der Waals surface area contributed by atoms with Crippen LogP contribution in [0.2, 0.25) is 5.02 Å². The van der Waals surface area contributed by atoms with Crippen LogP contribution in [0.3, 0.4) is 0 Å². The minimum Gasteiger partial charge on any atom is -0.454 e. The molecule has 2 aliphatic heterocycles. The van der Waals surface area contributed by atoms with Crippen molar-refractivity contribution in [3.63, 3.8) is 0 Å². The van der Waals surface area contributed by atoms with Crippen LogP contribution in [0.4, 0.5) is 5.69 Å². The normalized spacial score (nSPS) is 15.5. The Hall–Kier alpha value is -3.52. The molecule has 0 atom stereocenters. The summed E-state index contributed by atoms with van der Waals surface area (Å²) >= 11 is 6.13. The highest BCUT2D eigenvalue weighted by atomic mass is 35.5. The predicted octanol–water partition coefficient (Wildman–Crippen LogP) is 3.38. The quantitative estimate of drug-likeness (QED) is 0.570. The summed E-state index contributed by atoms with van der Waals surface area (Å²) < 4.78 is 12.1. The lowest BCUT2D eigenvalue weighted by Gasteiger charge is -2.39. The first kappa shape index (κ1) is 22.3. The molecule has 0 radical (unpaired) electrons. The van der Waals surface area contributed by atoms with Crippen LogP contribution < -0.4 is 19.9 Å². The number of hydrogen-bond donors (Lipinski definition) is 0. The monoisotopic (exact) mass is 480 g/mol. The van der Waals surface area contributed by atoms with Crippen molar-refractivity contribution in [2.45, 2.75) is 19.4 Å². The van der Waals surface area contributed by atoms with Gasteiger partial charge in [-0.05, 0) is 56.3 Å². The summed E-state index contributed by atoms with van der Waals surface area (Å²) in [5.41, 5.74) is 0.899. The number of nitrogens with zero attached hydrogens (tertiary/aromatic N) is 4. The summed E-state index contributed by atoms with van der Waals surface area (Å²) in [6.07, 6.45) is 0. The average Bonchev–Trinajstić information content (AvgIpc) is 3.32. The van der Waals surface area contributed by atoms with Crippen molar-refractivity contribution in [3.8, 4) is 22.8 Å². The lowest BCUT2D eigenvalue weighted by Crippen LogP contribution is -2.56. The van der Waals surface area contributed by atoms with Gasteiger partial charge in [-0.3, -0.25) is 9.59 Å². The number of amides is 1. The molecule has 3 heterocycles. The Labute approximate surface area is 202 Å². The number of halogens is 1. The number of hydrogen-bond acceptors (Lipinski definition) is 6. The van der Waals surface area contributed by atoms with E-state index in [1.165, 1.54) is 10.7 Å². The zero-order valence-electron chi connectivity index (χ0n) is 19.0. The van der Waals surface area contributed by atoms with Gasteiger partial charge in [0.1, 0.15) is 5.54 Å². The zero-order valence-corrected chi connectivity index (χ0v) is 19.8. The molecule has 0 spiro atoms. The highest BCUT2D eigenvalue weighted by Gasteiger charge is 2.37. The minimum absolute atomic E-state index is 0.143. The Morgan fingerprint density at radius 1 is 0.971 bits per heavy atom. The molecule has 1 fully saturated rings. The largest absolute Gasteiger partial charge is 0.454 e. The molecule has 0 saturated carbocycles. The number of fused-ring (bicyclic) bond motifs is 1. The third-order valence-electron chi connectivity index (χ3n) is 6.26. The Balaban J connectivity index is 1.35. The van der Waals surface area contributed by atoms with Gasteiger partial charge in [0, 0.05) is 48.5 Å². The van der Waals surface area contributed by atoms with Crippen molar-refractivity contribution in [2.24, 2.45) is 0 Å². The van der Waals surface area contributed by atoms with Gasteiger partial charge in [-0.1, -0.05) is 17.7 Å². The van der Waals surface area contributed by atoms with Gasteiger partial charge < -0.3 is 19.3 Å². The van der Waals surface area contributed by atoms with Gasteiger partial charge in [0.25, 0.3) is 5.56 Å². The standard InChI is InChI=1S/C25H25ClN4O4/c1-25(2,24(32)29-12-10-28(11-13-29)19-5-3-4-18(26)15-19)30-23(31)9-7-20(27-30)17-6-8-21-22(14-17)34-16-33-21/h3-9,14-15H,10-13,16H2,1-2H3. The van der Waals surface area contributed by atoms with E-state index < -0.39 is 5.54 Å². The SMILES string of the molecule is CC(C)(C(=O)N1CCN(c2cccc(Cl)c2)CC1)n1nc(-c2ccc3c(c2)OCO3)ccc1=O. The molecule has 1 saturated heterocycles. The minimum atomic E-state index is -1.15. The number of aromatic nitrogens is 2. The van der Waals surface area contributed by atoms with E-state index in [1.807, 2.05) is 42.5 Å². The number of piperazine rings is 1. The third kappa shape index (κ3) is 4.09. The van der Waals surface area contributed by atoms with E-state index in [1.54, 1.807) is 24.8 Å². The van der Waals surface area contributed by atoms with Crippen molar-refractivity contribution in [3.05, 3.63) is 70.0 Å². The second-order valence-corrected chi connectivity index (χ2v) is 9.29. The first-order chi connectivity index (χ1) is 16.3. The number of rotatable bonds is 4. The van der Waals surface area contributed by atoms with E-state index in [0.29, 0.717) is 48.4 Å². The van der Waals surface area contributed by atoms with Crippen molar-refractivity contribution in [1.29, 1.82) is 0 Å². The molecule has 5 rings (SSSR count). The van der Waals surface area contributed by atoms with Crippen molar-refractivity contribution in [2.75, 3.05) is 37.9 Å². The van der Waals surface area contributed by atoms with Crippen LogP contribution in [0, 0.1) is 0 Å². The number of ether oxygens (including phenoxy) is 2. The maximum absolute atomic E-state index is 13.5. The summed E-state index contributed by atoms with van der Waals surface area (Å²) in [6.45, 7) is 6.10. The maximum atomic E-state index is 13.5. The summed E-state index contributed by atoms with van der Waals surface area (Å²) in [6, 6.07) is 16.3. The number of carbonyl (C=O) groups excluding carboxylic acids is 1. The van der Waals surface area contributed by atoms with E-state index in [0.717, 1.165) is 11.3 Å². The highest BCUT2D eigenvalue weighted by Crippen LogP contribution is 2.35. The molecule has 2 aromatic carbocycles. The van der Waals surface area contributed by atoms with Gasteiger partial charge in [0.2, 0.25) is 12.7 Å². The average molecular weight is 481 g/mol. The van der Waals surface area contributed by atoms with Crippen LogP contribution in [0.1, 0.15) is 13.8 Å². The maximum Gasteiger partial charge on any atom is 0.267 e. The lowest BCUT2D eigenvalue weighted by atomic mass is 10.0. The predicted molar refractivity (Wildman–Crippen MR) is 130 cm³/mol. The van der Waals surface area contributed by atoms with E-state index >= 15 is 0 Å². The van der Waals surface area contributed by atoms with E-state index in [9.17, 15) is 9.59 Å². The van der Waals surface area contributed by atoms with E-state index in [-0.39, 0.29) is 18.3 Å². The lowest BCUT2D eigenvalue weighted by molar-refractivity contribution is -0.140. The third-order valence-corrected chi connectivity index (χ3v) is 6.50. The first-order valence-corrected chi connectivity index (χ1v) is 11.5. The van der Waals surface area contributed by atoms with Crippen LogP contribution >= 0.6 is 11.6 Å². The number of anilines is 1. The topological polar surface area (TPSA) is 76.9 Å². The summed E-state index contributed by atoms with van der Waals surface area (Å²) in [4.78, 5) is 30.3. The molecule has 9 heteroatoms. The van der Waals surface area contributed by atoms with Gasteiger partial charge in [0.15, 0.2) is 11.5 Å². The molecule has 3 aromatic rings. The number of benzene rings is 2. The molecular weight excluding hydrogens is 456 g/mol. The van der Waals surface area contributed by atoms with Crippen molar-refractivity contribution in [1.82, 2.24) is 14.7 Å². The van der Waals surface area contributed by atoms with Gasteiger partial charge in [-0.15, -0.1) is 0 Å². The van der Waals surface area contributed by atoms with Crippen LogP contribution in [-0.4, -0.2) is 53.6 Å². The molecule has 1 amide bonds. The second kappa shape index (κ2) is 8.68. The molecule has 1 aromatic heterocycles. The molecular formula is C25H25ClN4O4. The Morgan fingerprint density at radius 3 is 2.50 bits per heavy atom. The Morgan fingerprint density at radius 2 is 1.74 bits per heavy atom. The van der Waals surface area contributed by atoms with E-state index in [4.69, 9.17) is 21.1 Å². The van der Waals surface area contributed by atoms with Crippen LogP contribution in [0.25, 0.3) is 11.3 Å². The summed E-state index contributed by atoms with van der Waals surface area (Å²) in [5.74, 6) is 1.16. The Bertz CT molecular complexity index is 1300. The van der Waals surface area contributed by atoms with Gasteiger partial charge in [0.05, 0.1) is 5.69 Å². The highest BCUT2D eigenvalue weighted by molar-refractivity contribution is 6.30. The summed E-state index contributed by atoms with van der Waals surface area (Å²) in [5, 5.41) is 5.25. The molecule has 34 heavy (non-hydrogen) atoms. The molecule has 0 bridgehead atoms. The Kier molecular flexibility index (Phi) is 5.69. The molecule has 2 aliphatic rings. The fourth-order valence-electron chi connectivity index (χ4n) is 4.34. The molecule has 0 N–H and O–H groups in total. The van der Waals surface area contributed by atoms with Crippen molar-refractivity contribution < 1.29 is 14.3 Å². The van der Waals surface area contributed by atoms with Crippen LogP contribution in [0.15, 0.2) is 59.4 Å². The zero-order chi connectivity index (χ0) is 23.9. The van der Waals surface area contributed by atoms with Gasteiger partial charge >= 0.3 is 0 Å². The molecule has 0 unspecified atom stereocenters. The second-order valence-electron chi connectivity index (χ2n) is 8.85.